The second-order valence-corrected chi connectivity index (χ2v) is 11.2. The van der Waals surface area contributed by atoms with Gasteiger partial charge in [0.15, 0.2) is 0 Å². The Kier molecular flexibility index (Phi) is 29.1. The Morgan fingerprint density at radius 2 is 0.763 bits per heavy atom. The highest BCUT2D eigenvalue weighted by atomic mass is 16.7. The predicted octanol–water partition coefficient (Wildman–Crippen LogP) is 10.5. The van der Waals surface area contributed by atoms with Crippen LogP contribution in [-0.2, 0) is 19.1 Å². The van der Waals surface area contributed by atoms with Gasteiger partial charge in [-0.1, -0.05) is 129 Å². The quantitative estimate of drug-likeness (QED) is 0.0517. The van der Waals surface area contributed by atoms with E-state index in [1.54, 1.807) is 0 Å². The molecule has 38 heavy (non-hydrogen) atoms. The molecule has 0 aliphatic rings. The highest BCUT2D eigenvalue weighted by molar-refractivity contribution is 5.60. The number of aldehydes is 2. The van der Waals surface area contributed by atoms with Gasteiger partial charge in [-0.2, -0.15) is 0 Å². The second kappa shape index (κ2) is 30.2. The molecule has 0 fully saturated rings. The molecule has 0 radical (unpaired) electrons. The molecule has 0 aromatic rings. The zero-order valence-electron chi connectivity index (χ0n) is 25.2. The van der Waals surface area contributed by atoms with Crippen LogP contribution in [0.2, 0.25) is 0 Å². The highest BCUT2D eigenvalue weighted by Gasteiger charge is 2.19. The fourth-order valence-electron chi connectivity index (χ4n) is 5.05. The van der Waals surface area contributed by atoms with Crippen molar-refractivity contribution >= 4 is 18.7 Å². The molecular weight excluding hydrogens is 476 g/mol. The zero-order valence-corrected chi connectivity index (χ0v) is 25.2. The third kappa shape index (κ3) is 26.2. The molecule has 0 bridgehead atoms. The lowest BCUT2D eigenvalue weighted by molar-refractivity contribution is -0.108. The molecule has 0 N–H and O–H groups in total. The standard InChI is InChI=1S/C33H62O5/c1-3-5-7-9-11-13-15-17-19-21-25-31(27-23-29-34)37-33(36)38-32(28-24-30-35)26-22-20-18-16-14-12-10-8-6-4-2/h29-32H,3-28H2,1-2H3. The summed E-state index contributed by atoms with van der Waals surface area (Å²) < 4.78 is 11.3. The number of ether oxygens (including phenoxy) is 2. The summed E-state index contributed by atoms with van der Waals surface area (Å²) >= 11 is 0. The third-order valence-electron chi connectivity index (χ3n) is 7.50. The third-order valence-corrected chi connectivity index (χ3v) is 7.50. The smallest absolute Gasteiger partial charge is 0.431 e. The summed E-state index contributed by atoms with van der Waals surface area (Å²) in [5.41, 5.74) is 0. The molecule has 2 unspecified atom stereocenters. The predicted molar refractivity (Wildman–Crippen MR) is 159 cm³/mol. The van der Waals surface area contributed by atoms with E-state index in [-0.39, 0.29) is 12.2 Å². The maximum Gasteiger partial charge on any atom is 0.508 e. The van der Waals surface area contributed by atoms with E-state index in [0.29, 0.717) is 25.7 Å². The largest absolute Gasteiger partial charge is 0.508 e. The number of carbonyl (C=O) groups is 3. The van der Waals surface area contributed by atoms with Gasteiger partial charge in [-0.3, -0.25) is 0 Å². The first-order valence-corrected chi connectivity index (χ1v) is 16.4. The molecule has 0 aliphatic carbocycles. The van der Waals surface area contributed by atoms with E-state index in [9.17, 15) is 14.4 Å². The number of unbranched alkanes of at least 4 members (excludes halogenated alkanes) is 18. The molecule has 0 saturated carbocycles. The molecule has 0 heterocycles. The number of carbonyl (C=O) groups excluding carboxylic acids is 3. The van der Waals surface area contributed by atoms with Crippen LogP contribution in [0.1, 0.15) is 181 Å². The van der Waals surface area contributed by atoms with Gasteiger partial charge in [0, 0.05) is 12.8 Å². The van der Waals surface area contributed by atoms with E-state index < -0.39 is 6.16 Å². The maximum absolute atomic E-state index is 12.5. The van der Waals surface area contributed by atoms with Gasteiger partial charge in [-0.05, 0) is 38.5 Å². The molecule has 0 spiro atoms. The Morgan fingerprint density at radius 3 is 1.05 bits per heavy atom. The first-order chi connectivity index (χ1) is 18.7. The summed E-state index contributed by atoms with van der Waals surface area (Å²) in [4.78, 5) is 34.3. The van der Waals surface area contributed by atoms with Crippen molar-refractivity contribution in [1.82, 2.24) is 0 Å². The van der Waals surface area contributed by atoms with Gasteiger partial charge < -0.3 is 19.1 Å². The van der Waals surface area contributed by atoms with Crippen molar-refractivity contribution in [3.05, 3.63) is 0 Å². The summed E-state index contributed by atoms with van der Waals surface area (Å²) in [5.74, 6) is 0. The Labute approximate surface area is 235 Å². The van der Waals surface area contributed by atoms with Crippen molar-refractivity contribution in [2.45, 2.75) is 193 Å². The second-order valence-electron chi connectivity index (χ2n) is 11.2. The maximum atomic E-state index is 12.5. The minimum atomic E-state index is -0.643. The molecule has 2 atom stereocenters. The molecule has 5 nitrogen and oxygen atoms in total. The number of rotatable bonds is 30. The lowest BCUT2D eigenvalue weighted by Gasteiger charge is -2.21. The lowest BCUT2D eigenvalue weighted by atomic mass is 10.0. The van der Waals surface area contributed by atoms with Crippen molar-refractivity contribution in [3.8, 4) is 0 Å². The monoisotopic (exact) mass is 538 g/mol. The molecule has 0 amide bonds. The van der Waals surface area contributed by atoms with Crippen LogP contribution in [0.4, 0.5) is 4.79 Å². The van der Waals surface area contributed by atoms with Gasteiger partial charge in [0.1, 0.15) is 24.8 Å². The van der Waals surface area contributed by atoms with Crippen molar-refractivity contribution in [2.75, 3.05) is 0 Å². The Balaban J connectivity index is 4.18. The van der Waals surface area contributed by atoms with Gasteiger partial charge >= 0.3 is 6.16 Å². The molecular formula is C33H62O5. The van der Waals surface area contributed by atoms with Crippen LogP contribution >= 0.6 is 0 Å². The van der Waals surface area contributed by atoms with Crippen LogP contribution in [0.25, 0.3) is 0 Å². The normalized spacial score (nSPS) is 12.7. The summed E-state index contributed by atoms with van der Waals surface area (Å²) in [7, 11) is 0. The van der Waals surface area contributed by atoms with Crippen LogP contribution in [0, 0.1) is 0 Å². The minimum absolute atomic E-state index is 0.272. The molecule has 0 saturated heterocycles. The molecule has 0 rings (SSSR count). The van der Waals surface area contributed by atoms with E-state index in [0.717, 1.165) is 51.1 Å². The molecule has 0 aromatic carbocycles. The van der Waals surface area contributed by atoms with E-state index >= 15 is 0 Å². The van der Waals surface area contributed by atoms with E-state index in [1.165, 1.54) is 103 Å². The van der Waals surface area contributed by atoms with E-state index in [2.05, 4.69) is 13.8 Å². The summed E-state index contributed by atoms with van der Waals surface area (Å²) in [6.07, 6.45) is 29.2. The topological polar surface area (TPSA) is 69.7 Å². The fourth-order valence-corrected chi connectivity index (χ4v) is 5.05. The lowest BCUT2D eigenvalue weighted by Crippen LogP contribution is -2.24. The van der Waals surface area contributed by atoms with Crippen LogP contribution in [0.3, 0.4) is 0 Å². The fraction of sp³-hybridized carbons (Fsp3) is 0.909. The molecule has 0 aliphatic heterocycles. The molecule has 224 valence electrons. The van der Waals surface area contributed by atoms with Crippen LogP contribution in [-0.4, -0.2) is 30.9 Å². The van der Waals surface area contributed by atoms with Gasteiger partial charge in [0.05, 0.1) is 0 Å². The minimum Gasteiger partial charge on any atom is -0.431 e. The zero-order chi connectivity index (χ0) is 27.9. The average Bonchev–Trinajstić information content (AvgIpc) is 2.92. The summed E-state index contributed by atoms with van der Waals surface area (Å²) in [6, 6.07) is 0. The highest BCUT2D eigenvalue weighted by Crippen LogP contribution is 2.19. The van der Waals surface area contributed by atoms with Crippen molar-refractivity contribution in [3.63, 3.8) is 0 Å². The summed E-state index contributed by atoms with van der Waals surface area (Å²) in [5, 5.41) is 0. The Morgan fingerprint density at radius 1 is 0.474 bits per heavy atom. The average molecular weight is 539 g/mol. The van der Waals surface area contributed by atoms with Crippen molar-refractivity contribution < 1.29 is 23.9 Å². The molecule has 5 heteroatoms. The van der Waals surface area contributed by atoms with Gasteiger partial charge in [0.2, 0.25) is 0 Å². The van der Waals surface area contributed by atoms with E-state index in [1.807, 2.05) is 0 Å². The summed E-state index contributed by atoms with van der Waals surface area (Å²) in [6.45, 7) is 4.49. The SMILES string of the molecule is CCCCCCCCCCCCC(CCC=O)OC(=O)OC(CCC=O)CCCCCCCCCCCC. The Hall–Kier alpha value is -1.39. The Bertz CT molecular complexity index is 478. The van der Waals surface area contributed by atoms with Gasteiger partial charge in [-0.25, -0.2) is 4.79 Å². The van der Waals surface area contributed by atoms with Gasteiger partial charge in [0.25, 0.3) is 0 Å². The van der Waals surface area contributed by atoms with Crippen LogP contribution < -0.4 is 0 Å². The van der Waals surface area contributed by atoms with Crippen LogP contribution in [0.5, 0.6) is 0 Å². The van der Waals surface area contributed by atoms with Crippen molar-refractivity contribution in [1.29, 1.82) is 0 Å². The van der Waals surface area contributed by atoms with E-state index in [4.69, 9.17) is 9.47 Å². The number of hydrogen-bond acceptors (Lipinski definition) is 5. The van der Waals surface area contributed by atoms with Gasteiger partial charge in [-0.15, -0.1) is 0 Å². The molecule has 0 aromatic heterocycles. The van der Waals surface area contributed by atoms with Crippen LogP contribution in [0.15, 0.2) is 0 Å². The van der Waals surface area contributed by atoms with Crippen molar-refractivity contribution in [2.24, 2.45) is 0 Å². The first kappa shape index (κ1) is 36.6. The first-order valence-electron chi connectivity index (χ1n) is 16.4. The number of hydrogen-bond donors (Lipinski definition) is 0.